The van der Waals surface area contributed by atoms with E-state index in [1.807, 2.05) is 30.4 Å². The van der Waals surface area contributed by atoms with Crippen LogP contribution in [0.1, 0.15) is 13.8 Å². The average molecular weight is 191 g/mol. The highest BCUT2D eigenvalue weighted by Gasteiger charge is 2.37. The molecule has 1 fully saturated rings. The highest BCUT2D eigenvalue weighted by atomic mass is 16.5. The molecule has 0 saturated carbocycles. The summed E-state index contributed by atoms with van der Waals surface area (Å²) in [4.78, 5) is 11.6. The van der Waals surface area contributed by atoms with E-state index in [0.717, 1.165) is 5.70 Å². The van der Waals surface area contributed by atoms with E-state index in [2.05, 4.69) is 5.32 Å². The summed E-state index contributed by atoms with van der Waals surface area (Å²) >= 11 is 0. The maximum Gasteiger partial charge on any atom is 0.255 e. The molecule has 3 nitrogen and oxygen atoms in total. The van der Waals surface area contributed by atoms with Gasteiger partial charge in [-0.15, -0.1) is 0 Å². The Kier molecular flexibility index (Phi) is 2.04. The highest BCUT2D eigenvalue weighted by molar-refractivity contribution is 5.87. The Balaban J connectivity index is 2.30. The van der Waals surface area contributed by atoms with Crippen molar-refractivity contribution < 1.29 is 9.53 Å². The van der Waals surface area contributed by atoms with Crippen molar-refractivity contribution in [3.8, 4) is 0 Å². The quantitative estimate of drug-likeness (QED) is 0.626. The van der Waals surface area contributed by atoms with Crippen LogP contribution >= 0.6 is 0 Å². The highest BCUT2D eigenvalue weighted by Crippen LogP contribution is 2.24. The Morgan fingerprint density at radius 3 is 2.93 bits per heavy atom. The van der Waals surface area contributed by atoms with E-state index >= 15 is 0 Å². The Labute approximate surface area is 83.1 Å². The summed E-state index contributed by atoms with van der Waals surface area (Å²) in [5.41, 5.74) is 0.0516. The number of morpholine rings is 1. The van der Waals surface area contributed by atoms with Crippen molar-refractivity contribution in [1.82, 2.24) is 5.32 Å². The summed E-state index contributed by atoms with van der Waals surface area (Å²) in [6.07, 6.45) is 9.36. The summed E-state index contributed by atoms with van der Waals surface area (Å²) in [6, 6.07) is 0. The minimum Gasteiger partial charge on any atom is -0.352 e. The summed E-state index contributed by atoms with van der Waals surface area (Å²) in [5, 5.41) is 2.84. The summed E-state index contributed by atoms with van der Waals surface area (Å²) in [7, 11) is 0. The molecule has 3 heteroatoms. The molecule has 0 radical (unpaired) electrons. The van der Waals surface area contributed by atoms with Crippen LogP contribution in [0.3, 0.4) is 0 Å². The maximum absolute atomic E-state index is 11.6. The number of carbonyl (C=O) groups excluding carboxylic acids is 1. The van der Waals surface area contributed by atoms with Gasteiger partial charge < -0.3 is 10.1 Å². The molecule has 1 heterocycles. The number of hydrogen-bond donors (Lipinski definition) is 1. The monoisotopic (exact) mass is 191 g/mol. The van der Waals surface area contributed by atoms with Crippen LogP contribution < -0.4 is 5.32 Å². The molecule has 1 amide bonds. The van der Waals surface area contributed by atoms with Crippen LogP contribution in [0.25, 0.3) is 0 Å². The number of amides is 1. The number of ether oxygens (including phenoxy) is 1. The zero-order chi connectivity index (χ0) is 10.2. The largest absolute Gasteiger partial charge is 0.352 e. The predicted octanol–water partition coefficient (Wildman–Crippen LogP) is 1.29. The minimum absolute atomic E-state index is 0.0938. The van der Waals surface area contributed by atoms with Gasteiger partial charge in [0.15, 0.2) is 0 Å². The normalized spacial score (nSPS) is 28.9. The van der Waals surface area contributed by atoms with Gasteiger partial charge in [0.2, 0.25) is 0 Å². The molecule has 2 rings (SSSR count). The number of fused-ring (bicyclic) bond motifs is 1. The van der Waals surface area contributed by atoms with E-state index in [4.69, 9.17) is 4.74 Å². The van der Waals surface area contributed by atoms with Gasteiger partial charge in [-0.2, -0.15) is 0 Å². The fourth-order valence-electron chi connectivity index (χ4n) is 1.46. The smallest absolute Gasteiger partial charge is 0.255 e. The third kappa shape index (κ3) is 1.51. The van der Waals surface area contributed by atoms with Gasteiger partial charge in [-0.05, 0) is 26.0 Å². The first-order valence-electron chi connectivity index (χ1n) is 4.64. The van der Waals surface area contributed by atoms with Gasteiger partial charge >= 0.3 is 0 Å². The SMILES string of the molecule is CC1(C)OC2C=CC=CC=C2NC1=O. The van der Waals surface area contributed by atoms with Crippen molar-refractivity contribution in [1.29, 1.82) is 0 Å². The number of hydrogen-bond acceptors (Lipinski definition) is 2. The standard InChI is InChI=1S/C11H13NO2/c1-11(2)10(13)12-8-6-4-3-5-7-9(8)14-11/h3-7,9H,1-2H3,(H,12,13). The topological polar surface area (TPSA) is 38.3 Å². The third-order valence-corrected chi connectivity index (χ3v) is 2.32. The fourth-order valence-corrected chi connectivity index (χ4v) is 1.46. The van der Waals surface area contributed by atoms with Crippen LogP contribution in [0.2, 0.25) is 0 Å². The van der Waals surface area contributed by atoms with E-state index in [1.165, 1.54) is 0 Å². The molecule has 0 aromatic carbocycles. The van der Waals surface area contributed by atoms with E-state index in [-0.39, 0.29) is 12.0 Å². The van der Waals surface area contributed by atoms with Crippen LogP contribution in [0, 0.1) is 0 Å². The van der Waals surface area contributed by atoms with Crippen LogP contribution in [-0.4, -0.2) is 17.6 Å². The van der Waals surface area contributed by atoms with Crippen molar-refractivity contribution in [3.63, 3.8) is 0 Å². The lowest BCUT2D eigenvalue weighted by molar-refractivity contribution is -0.150. The van der Waals surface area contributed by atoms with Crippen LogP contribution in [0.5, 0.6) is 0 Å². The zero-order valence-corrected chi connectivity index (χ0v) is 8.28. The molecule has 0 aromatic heterocycles. The van der Waals surface area contributed by atoms with Gasteiger partial charge in [0.25, 0.3) is 5.91 Å². The van der Waals surface area contributed by atoms with Crippen molar-refractivity contribution >= 4 is 5.91 Å². The van der Waals surface area contributed by atoms with E-state index in [1.54, 1.807) is 13.8 Å². The minimum atomic E-state index is -0.753. The average Bonchev–Trinajstić information content (AvgIpc) is 2.30. The Bertz CT molecular complexity index is 350. The molecule has 1 aliphatic heterocycles. The lowest BCUT2D eigenvalue weighted by atomic mass is 10.0. The van der Waals surface area contributed by atoms with E-state index in [9.17, 15) is 4.79 Å². The second-order valence-electron chi connectivity index (χ2n) is 3.89. The number of rotatable bonds is 0. The zero-order valence-electron chi connectivity index (χ0n) is 8.28. The fraction of sp³-hybridized carbons (Fsp3) is 0.364. The molecule has 0 bridgehead atoms. The lowest BCUT2D eigenvalue weighted by Crippen LogP contribution is -2.53. The molecule has 2 aliphatic rings. The molecule has 0 spiro atoms. The van der Waals surface area contributed by atoms with Crippen molar-refractivity contribution in [3.05, 3.63) is 36.1 Å². The first-order chi connectivity index (χ1) is 6.59. The molecule has 74 valence electrons. The molecule has 1 unspecified atom stereocenters. The second-order valence-corrected chi connectivity index (χ2v) is 3.89. The van der Waals surface area contributed by atoms with Gasteiger partial charge in [0.05, 0.1) is 5.70 Å². The van der Waals surface area contributed by atoms with Crippen molar-refractivity contribution in [2.24, 2.45) is 0 Å². The lowest BCUT2D eigenvalue weighted by Gasteiger charge is -2.35. The number of carbonyl (C=O) groups is 1. The summed E-state index contributed by atoms with van der Waals surface area (Å²) in [6.45, 7) is 3.54. The molecule has 14 heavy (non-hydrogen) atoms. The Morgan fingerprint density at radius 2 is 2.14 bits per heavy atom. The van der Waals surface area contributed by atoms with Crippen molar-refractivity contribution in [2.75, 3.05) is 0 Å². The first kappa shape index (κ1) is 9.21. The molecule has 1 saturated heterocycles. The van der Waals surface area contributed by atoms with E-state index < -0.39 is 5.60 Å². The third-order valence-electron chi connectivity index (χ3n) is 2.32. The second kappa shape index (κ2) is 3.10. The summed E-state index contributed by atoms with van der Waals surface area (Å²) in [5.74, 6) is -0.0938. The van der Waals surface area contributed by atoms with Crippen molar-refractivity contribution in [2.45, 2.75) is 25.6 Å². The van der Waals surface area contributed by atoms with Crippen LogP contribution in [0.4, 0.5) is 0 Å². The molecule has 0 aromatic rings. The molecular weight excluding hydrogens is 178 g/mol. The molecule has 1 N–H and O–H groups in total. The maximum atomic E-state index is 11.6. The molecular formula is C11H13NO2. The van der Waals surface area contributed by atoms with Gasteiger partial charge in [-0.1, -0.05) is 18.2 Å². The van der Waals surface area contributed by atoms with Crippen LogP contribution in [0.15, 0.2) is 36.1 Å². The number of nitrogens with one attached hydrogen (secondary N) is 1. The first-order valence-corrected chi connectivity index (χ1v) is 4.64. The van der Waals surface area contributed by atoms with Gasteiger partial charge in [0, 0.05) is 0 Å². The molecule has 1 atom stereocenters. The van der Waals surface area contributed by atoms with Gasteiger partial charge in [-0.25, -0.2) is 0 Å². The van der Waals surface area contributed by atoms with Crippen LogP contribution in [-0.2, 0) is 9.53 Å². The molecule has 1 aliphatic carbocycles. The summed E-state index contributed by atoms with van der Waals surface area (Å²) < 4.78 is 5.66. The predicted molar refractivity (Wildman–Crippen MR) is 53.5 cm³/mol. The Morgan fingerprint density at radius 1 is 1.36 bits per heavy atom. The van der Waals surface area contributed by atoms with E-state index in [0.29, 0.717) is 0 Å². The van der Waals surface area contributed by atoms with Gasteiger partial charge in [-0.3, -0.25) is 4.79 Å². The Hall–Kier alpha value is -1.35. The van der Waals surface area contributed by atoms with Gasteiger partial charge in [0.1, 0.15) is 11.7 Å². The number of allylic oxidation sites excluding steroid dienone is 4.